The first kappa shape index (κ1) is 12.2. The molecular weight excluding hydrogens is 174 g/mol. The molecule has 0 spiro atoms. The van der Waals surface area contributed by atoms with Gasteiger partial charge in [0, 0.05) is 13.2 Å². The Morgan fingerprint density at radius 2 is 2.17 bits per heavy atom. The van der Waals surface area contributed by atoms with E-state index in [0.29, 0.717) is 0 Å². The predicted octanol–water partition coefficient (Wildman–Crippen LogP) is 1.79. The van der Waals surface area contributed by atoms with Gasteiger partial charge in [-0.2, -0.15) is 0 Å². The van der Waals surface area contributed by atoms with Crippen LogP contribution < -0.4 is 0 Å². The Bertz CT molecular complexity index is 111. The first-order valence-electron chi connectivity index (χ1n) is 4.66. The van der Waals surface area contributed by atoms with Crippen molar-refractivity contribution in [2.24, 2.45) is 5.92 Å². The number of likely N-dealkylation sites (tertiary alicyclic amines) is 1. The summed E-state index contributed by atoms with van der Waals surface area (Å²) >= 11 is 0. The second-order valence-corrected chi connectivity index (χ2v) is 3.21. The smallest absolute Gasteiger partial charge is 0.0506 e. The topological polar surface area (TPSA) is 12.5 Å². The van der Waals surface area contributed by atoms with E-state index in [1.165, 1.54) is 26.1 Å². The largest absolute Gasteiger partial charge is 0.381 e. The van der Waals surface area contributed by atoms with Gasteiger partial charge in [-0.3, -0.25) is 0 Å². The lowest BCUT2D eigenvalue weighted by Gasteiger charge is -2.12. The summed E-state index contributed by atoms with van der Waals surface area (Å²) in [5, 5.41) is 0. The van der Waals surface area contributed by atoms with Crippen molar-refractivity contribution in [3.8, 4) is 0 Å². The van der Waals surface area contributed by atoms with E-state index in [2.05, 4.69) is 18.7 Å². The summed E-state index contributed by atoms with van der Waals surface area (Å²) in [7, 11) is 0. The molecule has 1 heterocycles. The van der Waals surface area contributed by atoms with Gasteiger partial charge in [-0.15, -0.1) is 12.4 Å². The maximum absolute atomic E-state index is 5.38. The normalized spacial score (nSPS) is 24.0. The summed E-state index contributed by atoms with van der Waals surface area (Å²) in [6, 6.07) is 0. The molecule has 1 rings (SSSR count). The van der Waals surface area contributed by atoms with Gasteiger partial charge in [0.25, 0.3) is 0 Å². The van der Waals surface area contributed by atoms with E-state index in [1.807, 2.05) is 0 Å². The van der Waals surface area contributed by atoms with Crippen LogP contribution in [0.1, 0.15) is 20.3 Å². The average Bonchev–Trinajstić information content (AvgIpc) is 2.48. The Morgan fingerprint density at radius 3 is 2.67 bits per heavy atom. The van der Waals surface area contributed by atoms with Crippen molar-refractivity contribution in [1.29, 1.82) is 0 Å². The first-order valence-corrected chi connectivity index (χ1v) is 4.66. The summed E-state index contributed by atoms with van der Waals surface area (Å²) in [5.74, 6) is 0.801. The van der Waals surface area contributed by atoms with E-state index in [0.717, 1.165) is 19.1 Å². The zero-order chi connectivity index (χ0) is 8.10. The van der Waals surface area contributed by atoms with Gasteiger partial charge in [-0.05, 0) is 32.4 Å². The minimum absolute atomic E-state index is 0. The van der Waals surface area contributed by atoms with Crippen LogP contribution in [0.3, 0.4) is 0 Å². The molecule has 12 heavy (non-hydrogen) atoms. The second kappa shape index (κ2) is 6.70. The quantitative estimate of drug-likeness (QED) is 0.675. The molecule has 1 saturated heterocycles. The molecule has 3 heteroatoms. The summed E-state index contributed by atoms with van der Waals surface area (Å²) in [6.45, 7) is 9.83. The fourth-order valence-electron chi connectivity index (χ4n) is 1.62. The van der Waals surface area contributed by atoms with Gasteiger partial charge in [0.15, 0.2) is 0 Å². The Balaban J connectivity index is 0.00000121. The molecule has 1 aliphatic heterocycles. The van der Waals surface area contributed by atoms with Crippen molar-refractivity contribution < 1.29 is 4.74 Å². The van der Waals surface area contributed by atoms with Crippen molar-refractivity contribution in [3.63, 3.8) is 0 Å². The zero-order valence-corrected chi connectivity index (χ0v) is 8.90. The van der Waals surface area contributed by atoms with E-state index in [1.54, 1.807) is 0 Å². The van der Waals surface area contributed by atoms with Crippen LogP contribution in [0, 0.1) is 5.92 Å². The molecule has 1 unspecified atom stereocenters. The van der Waals surface area contributed by atoms with Gasteiger partial charge in [0.1, 0.15) is 0 Å². The van der Waals surface area contributed by atoms with Gasteiger partial charge in [0.2, 0.25) is 0 Å². The molecule has 0 radical (unpaired) electrons. The lowest BCUT2D eigenvalue weighted by atomic mass is 10.1. The Hall–Kier alpha value is 0.210. The highest BCUT2D eigenvalue weighted by Crippen LogP contribution is 2.15. The molecule has 0 bridgehead atoms. The Morgan fingerprint density at radius 1 is 1.42 bits per heavy atom. The van der Waals surface area contributed by atoms with Crippen LogP contribution in [-0.2, 0) is 4.74 Å². The van der Waals surface area contributed by atoms with Crippen LogP contribution >= 0.6 is 12.4 Å². The van der Waals surface area contributed by atoms with E-state index in [9.17, 15) is 0 Å². The molecule has 2 nitrogen and oxygen atoms in total. The minimum atomic E-state index is 0. The Labute approximate surface area is 81.7 Å². The molecule has 0 aliphatic carbocycles. The van der Waals surface area contributed by atoms with Crippen molar-refractivity contribution >= 4 is 12.4 Å². The van der Waals surface area contributed by atoms with E-state index in [-0.39, 0.29) is 12.4 Å². The lowest BCUT2D eigenvalue weighted by molar-refractivity contribution is 0.112. The number of halogens is 1. The second-order valence-electron chi connectivity index (χ2n) is 3.21. The zero-order valence-electron chi connectivity index (χ0n) is 8.08. The van der Waals surface area contributed by atoms with Gasteiger partial charge in [0.05, 0.1) is 6.61 Å². The highest BCUT2D eigenvalue weighted by Gasteiger charge is 2.20. The van der Waals surface area contributed by atoms with E-state index in [4.69, 9.17) is 4.74 Å². The Kier molecular flexibility index (Phi) is 6.81. The van der Waals surface area contributed by atoms with E-state index < -0.39 is 0 Å². The number of hydrogen-bond acceptors (Lipinski definition) is 2. The molecule has 0 N–H and O–H groups in total. The average molecular weight is 194 g/mol. The summed E-state index contributed by atoms with van der Waals surface area (Å²) in [6.07, 6.45) is 1.33. The van der Waals surface area contributed by atoms with Gasteiger partial charge in [-0.1, -0.05) is 6.92 Å². The SMILES string of the molecule is CCOCC1CCN(CC)C1.Cl. The standard InChI is InChI=1S/C9H19NO.ClH/c1-3-10-6-5-9(7-10)8-11-4-2;/h9H,3-8H2,1-2H3;1H. The molecule has 0 aromatic heterocycles. The number of hydrogen-bond donors (Lipinski definition) is 0. The maximum atomic E-state index is 5.38. The van der Waals surface area contributed by atoms with Gasteiger partial charge < -0.3 is 9.64 Å². The van der Waals surface area contributed by atoms with Gasteiger partial charge >= 0.3 is 0 Å². The molecule has 1 aliphatic rings. The highest BCUT2D eigenvalue weighted by atomic mass is 35.5. The molecule has 1 fully saturated rings. The monoisotopic (exact) mass is 193 g/mol. The summed E-state index contributed by atoms with van der Waals surface area (Å²) in [5.41, 5.74) is 0. The maximum Gasteiger partial charge on any atom is 0.0506 e. The molecule has 0 aromatic carbocycles. The van der Waals surface area contributed by atoms with Crippen molar-refractivity contribution in [3.05, 3.63) is 0 Å². The fourth-order valence-corrected chi connectivity index (χ4v) is 1.62. The van der Waals surface area contributed by atoms with Crippen LogP contribution in [0.5, 0.6) is 0 Å². The van der Waals surface area contributed by atoms with E-state index >= 15 is 0 Å². The number of ether oxygens (including phenoxy) is 1. The van der Waals surface area contributed by atoms with Crippen LogP contribution in [0.2, 0.25) is 0 Å². The van der Waals surface area contributed by atoms with Crippen LogP contribution in [-0.4, -0.2) is 37.7 Å². The summed E-state index contributed by atoms with van der Waals surface area (Å²) < 4.78 is 5.38. The lowest BCUT2D eigenvalue weighted by Crippen LogP contribution is -2.21. The van der Waals surface area contributed by atoms with Crippen molar-refractivity contribution in [2.45, 2.75) is 20.3 Å². The predicted molar refractivity (Wildman–Crippen MR) is 54.0 cm³/mol. The highest BCUT2D eigenvalue weighted by molar-refractivity contribution is 5.85. The third kappa shape index (κ3) is 3.74. The van der Waals surface area contributed by atoms with Crippen molar-refractivity contribution in [1.82, 2.24) is 4.90 Å². The van der Waals surface area contributed by atoms with Crippen LogP contribution in [0.15, 0.2) is 0 Å². The summed E-state index contributed by atoms with van der Waals surface area (Å²) in [4.78, 5) is 2.49. The molecule has 1 atom stereocenters. The number of rotatable bonds is 4. The third-order valence-electron chi connectivity index (χ3n) is 2.37. The van der Waals surface area contributed by atoms with Crippen LogP contribution in [0.25, 0.3) is 0 Å². The fraction of sp³-hybridized carbons (Fsp3) is 1.00. The van der Waals surface area contributed by atoms with Crippen molar-refractivity contribution in [2.75, 3.05) is 32.8 Å². The van der Waals surface area contributed by atoms with Gasteiger partial charge in [-0.25, -0.2) is 0 Å². The molecular formula is C9H20ClNO. The molecule has 0 saturated carbocycles. The minimum Gasteiger partial charge on any atom is -0.381 e. The molecule has 0 aromatic rings. The third-order valence-corrected chi connectivity index (χ3v) is 2.37. The van der Waals surface area contributed by atoms with Crippen LogP contribution in [0.4, 0.5) is 0 Å². The number of nitrogens with zero attached hydrogens (tertiary/aromatic N) is 1. The first-order chi connectivity index (χ1) is 5.36. The molecule has 74 valence electrons. The molecule has 0 amide bonds.